The summed E-state index contributed by atoms with van der Waals surface area (Å²) in [7, 11) is 0. The molecule has 27 heavy (non-hydrogen) atoms. The van der Waals surface area contributed by atoms with Crippen molar-refractivity contribution in [1.29, 1.82) is 0 Å². The van der Waals surface area contributed by atoms with Gasteiger partial charge in [0.15, 0.2) is 6.61 Å². The molecule has 2 heterocycles. The van der Waals surface area contributed by atoms with Gasteiger partial charge in [-0.2, -0.15) is 0 Å². The third kappa shape index (κ3) is 3.34. The standard InChI is InChI=1S/C19H16F3N3O2/c1-19(21,22)9-27-12-3-4-13(14(20)7-12)17-8-18(26)25(17)11-2-5-15-16(6-11)24-10-23-15/h2-7,10,17H,8-9H2,1H3,(H,23,24). The predicted octanol–water partition coefficient (Wildman–Crippen LogP) is 4.21. The van der Waals surface area contributed by atoms with E-state index in [-0.39, 0.29) is 18.1 Å². The number of nitrogens with one attached hydrogen (secondary N) is 1. The minimum atomic E-state index is -3.00. The zero-order valence-corrected chi connectivity index (χ0v) is 14.4. The van der Waals surface area contributed by atoms with E-state index >= 15 is 0 Å². The van der Waals surface area contributed by atoms with E-state index in [1.54, 1.807) is 24.5 Å². The maximum atomic E-state index is 14.5. The number of hydrogen-bond donors (Lipinski definition) is 1. The predicted molar refractivity (Wildman–Crippen MR) is 93.5 cm³/mol. The fraction of sp³-hybridized carbons (Fsp3) is 0.263. The second-order valence-corrected chi connectivity index (χ2v) is 6.63. The van der Waals surface area contributed by atoms with Gasteiger partial charge in [0.05, 0.1) is 29.8 Å². The van der Waals surface area contributed by atoms with Gasteiger partial charge in [-0.15, -0.1) is 0 Å². The summed E-state index contributed by atoms with van der Waals surface area (Å²) >= 11 is 0. The van der Waals surface area contributed by atoms with E-state index in [0.717, 1.165) is 18.5 Å². The lowest BCUT2D eigenvalue weighted by atomic mass is 9.92. The Bertz CT molecular complexity index is 1010. The van der Waals surface area contributed by atoms with Crippen LogP contribution in [0.5, 0.6) is 5.75 Å². The van der Waals surface area contributed by atoms with Crippen molar-refractivity contribution in [2.45, 2.75) is 25.3 Å². The summed E-state index contributed by atoms with van der Waals surface area (Å²) in [6.07, 6.45) is 1.73. The fourth-order valence-electron chi connectivity index (χ4n) is 3.14. The zero-order valence-electron chi connectivity index (χ0n) is 14.4. The van der Waals surface area contributed by atoms with Gasteiger partial charge in [0.2, 0.25) is 5.91 Å². The molecule has 4 rings (SSSR count). The van der Waals surface area contributed by atoms with E-state index in [2.05, 4.69) is 9.97 Å². The summed E-state index contributed by atoms with van der Waals surface area (Å²) in [4.78, 5) is 20.8. The third-order valence-corrected chi connectivity index (χ3v) is 4.45. The number of fused-ring (bicyclic) bond motifs is 1. The number of hydrogen-bond acceptors (Lipinski definition) is 3. The highest BCUT2D eigenvalue weighted by molar-refractivity contribution is 6.02. The third-order valence-electron chi connectivity index (χ3n) is 4.45. The molecule has 0 aliphatic carbocycles. The van der Waals surface area contributed by atoms with Gasteiger partial charge in [0.25, 0.3) is 5.92 Å². The number of aromatic nitrogens is 2. The lowest BCUT2D eigenvalue weighted by molar-refractivity contribution is -0.124. The first kappa shape index (κ1) is 17.4. The van der Waals surface area contributed by atoms with Gasteiger partial charge in [-0.1, -0.05) is 6.07 Å². The summed E-state index contributed by atoms with van der Waals surface area (Å²) in [5.74, 6) is -3.71. The molecule has 0 bridgehead atoms. The Morgan fingerprint density at radius 2 is 2.11 bits per heavy atom. The molecule has 1 aliphatic heterocycles. The molecule has 1 unspecified atom stereocenters. The van der Waals surface area contributed by atoms with Gasteiger partial charge >= 0.3 is 0 Å². The van der Waals surface area contributed by atoms with Crippen LogP contribution < -0.4 is 9.64 Å². The molecule has 0 spiro atoms. The van der Waals surface area contributed by atoms with Crippen LogP contribution >= 0.6 is 0 Å². The quantitative estimate of drug-likeness (QED) is 0.680. The van der Waals surface area contributed by atoms with Crippen LogP contribution in [0.1, 0.15) is 24.9 Å². The largest absolute Gasteiger partial charge is 0.487 e. The number of H-pyrrole nitrogens is 1. The summed E-state index contributed by atoms with van der Waals surface area (Å²) < 4.78 is 45.2. The molecule has 2 aromatic carbocycles. The van der Waals surface area contributed by atoms with Crippen molar-refractivity contribution in [2.75, 3.05) is 11.5 Å². The second-order valence-electron chi connectivity index (χ2n) is 6.63. The van der Waals surface area contributed by atoms with Crippen molar-refractivity contribution in [3.8, 4) is 5.75 Å². The Hall–Kier alpha value is -3.03. The van der Waals surface area contributed by atoms with E-state index in [4.69, 9.17) is 4.74 Å². The number of carbonyl (C=O) groups excluding carboxylic acids is 1. The highest BCUT2D eigenvalue weighted by Crippen LogP contribution is 2.41. The van der Waals surface area contributed by atoms with Crippen LogP contribution in [0.3, 0.4) is 0 Å². The lowest BCUT2D eigenvalue weighted by Crippen LogP contribution is -2.47. The molecule has 1 aromatic heterocycles. The zero-order chi connectivity index (χ0) is 19.2. The summed E-state index contributed by atoms with van der Waals surface area (Å²) in [6, 6.07) is 8.84. The molecule has 0 saturated carbocycles. The number of aromatic amines is 1. The topological polar surface area (TPSA) is 58.2 Å². The lowest BCUT2D eigenvalue weighted by Gasteiger charge is -2.40. The summed E-state index contributed by atoms with van der Waals surface area (Å²) in [6.45, 7) is -0.102. The first-order valence-electron chi connectivity index (χ1n) is 8.37. The van der Waals surface area contributed by atoms with Crippen molar-refractivity contribution in [3.05, 3.63) is 54.1 Å². The number of nitrogens with zero attached hydrogens (tertiary/aromatic N) is 2. The van der Waals surface area contributed by atoms with Crippen LogP contribution in [0.2, 0.25) is 0 Å². The molecule has 1 atom stereocenters. The van der Waals surface area contributed by atoms with Crippen LogP contribution in [-0.2, 0) is 4.79 Å². The summed E-state index contributed by atoms with van der Waals surface area (Å²) in [5.41, 5.74) is 2.48. The number of halogens is 3. The maximum absolute atomic E-state index is 14.5. The summed E-state index contributed by atoms with van der Waals surface area (Å²) in [5, 5.41) is 0. The van der Waals surface area contributed by atoms with Gasteiger partial charge in [-0.05, 0) is 24.3 Å². The molecule has 1 saturated heterocycles. The molecular formula is C19H16F3N3O2. The van der Waals surface area contributed by atoms with Crippen molar-refractivity contribution in [2.24, 2.45) is 0 Å². The molecule has 1 aliphatic rings. The molecule has 1 fully saturated rings. The fourth-order valence-corrected chi connectivity index (χ4v) is 3.14. The van der Waals surface area contributed by atoms with E-state index < -0.39 is 24.4 Å². The number of carbonyl (C=O) groups is 1. The monoisotopic (exact) mass is 375 g/mol. The highest BCUT2D eigenvalue weighted by Gasteiger charge is 2.40. The number of imidazole rings is 1. The molecular weight excluding hydrogens is 359 g/mol. The second kappa shape index (κ2) is 6.29. The van der Waals surface area contributed by atoms with E-state index in [0.29, 0.717) is 16.8 Å². The average Bonchev–Trinajstić information content (AvgIpc) is 3.05. The van der Waals surface area contributed by atoms with Crippen molar-refractivity contribution < 1.29 is 22.7 Å². The Balaban J connectivity index is 1.58. The van der Waals surface area contributed by atoms with Gasteiger partial charge < -0.3 is 14.6 Å². The Kier molecular flexibility index (Phi) is 4.05. The number of amides is 1. The van der Waals surface area contributed by atoms with Crippen LogP contribution in [0.15, 0.2) is 42.7 Å². The Labute approximate surface area is 152 Å². The minimum Gasteiger partial charge on any atom is -0.487 e. The van der Waals surface area contributed by atoms with E-state index in [1.165, 1.54) is 17.0 Å². The SMILES string of the molecule is CC(F)(F)COc1ccc(C2CC(=O)N2c2ccc3[nH]cnc3c2)c(F)c1. The van der Waals surface area contributed by atoms with Crippen LogP contribution in [-0.4, -0.2) is 28.4 Å². The van der Waals surface area contributed by atoms with Gasteiger partial charge in [-0.3, -0.25) is 4.79 Å². The first-order valence-corrected chi connectivity index (χ1v) is 8.37. The van der Waals surface area contributed by atoms with Crippen LogP contribution in [0, 0.1) is 5.82 Å². The van der Waals surface area contributed by atoms with Crippen LogP contribution in [0.25, 0.3) is 11.0 Å². The number of benzene rings is 2. The Morgan fingerprint density at radius 1 is 1.30 bits per heavy atom. The molecule has 1 amide bonds. The van der Waals surface area contributed by atoms with Crippen molar-refractivity contribution >= 4 is 22.6 Å². The highest BCUT2D eigenvalue weighted by atomic mass is 19.3. The number of alkyl halides is 2. The molecule has 0 radical (unpaired) electrons. The van der Waals surface area contributed by atoms with Crippen molar-refractivity contribution in [3.63, 3.8) is 0 Å². The molecule has 3 aromatic rings. The molecule has 1 N–H and O–H groups in total. The normalized spacial score (nSPS) is 17.3. The Morgan fingerprint density at radius 3 is 2.81 bits per heavy atom. The van der Waals surface area contributed by atoms with E-state index in [1.807, 2.05) is 0 Å². The maximum Gasteiger partial charge on any atom is 0.278 e. The van der Waals surface area contributed by atoms with Gasteiger partial charge in [0, 0.05) is 24.2 Å². The first-order chi connectivity index (χ1) is 12.8. The number of anilines is 1. The minimum absolute atomic E-state index is 0.0212. The van der Waals surface area contributed by atoms with Gasteiger partial charge in [0.1, 0.15) is 11.6 Å². The smallest absolute Gasteiger partial charge is 0.278 e. The molecule has 8 heteroatoms. The van der Waals surface area contributed by atoms with Gasteiger partial charge in [-0.25, -0.2) is 18.2 Å². The van der Waals surface area contributed by atoms with E-state index in [9.17, 15) is 18.0 Å². The number of β-lactam (4-membered cyclic amide) rings is 1. The van der Waals surface area contributed by atoms with Crippen molar-refractivity contribution in [1.82, 2.24) is 9.97 Å². The number of ether oxygens (including phenoxy) is 1. The van der Waals surface area contributed by atoms with Crippen LogP contribution in [0.4, 0.5) is 18.9 Å². The average molecular weight is 375 g/mol. The number of rotatable bonds is 5. The molecule has 140 valence electrons. The molecule has 5 nitrogen and oxygen atoms in total.